The number of nitrogens with one attached hydrogen (secondary N) is 1. The summed E-state index contributed by atoms with van der Waals surface area (Å²) in [6.07, 6.45) is -1.06. The molecule has 2 aromatic carbocycles. The summed E-state index contributed by atoms with van der Waals surface area (Å²) in [5.74, 6) is -1.03. The van der Waals surface area contributed by atoms with Gasteiger partial charge in [0.1, 0.15) is 23.3 Å². The second-order valence-electron chi connectivity index (χ2n) is 8.27. The van der Waals surface area contributed by atoms with Crippen LogP contribution in [0.2, 0.25) is 0 Å². The van der Waals surface area contributed by atoms with Crippen LogP contribution in [-0.2, 0) is 9.53 Å². The van der Waals surface area contributed by atoms with Gasteiger partial charge in [-0.1, -0.05) is 0 Å². The normalized spacial score (nSPS) is 18.5. The summed E-state index contributed by atoms with van der Waals surface area (Å²) in [6, 6.07) is 9.27. The lowest BCUT2D eigenvalue weighted by Crippen LogP contribution is -2.47. The SMILES string of the molecule is CC(=O)NCC1CN(c2ccc(N3CCN(c4nc5cc(F)ccc5o4)CC3)c(F)c2)C(=O)O1. The number of nitrogens with zero attached hydrogens (tertiary/aromatic N) is 4. The number of anilines is 3. The smallest absolute Gasteiger partial charge is 0.414 e. The average Bonchev–Trinajstić information content (AvgIpc) is 3.40. The van der Waals surface area contributed by atoms with E-state index in [2.05, 4.69) is 10.3 Å². The van der Waals surface area contributed by atoms with Gasteiger partial charge in [-0.25, -0.2) is 13.6 Å². The molecule has 9 nitrogen and oxygen atoms in total. The van der Waals surface area contributed by atoms with E-state index in [1.807, 2.05) is 9.80 Å². The predicted octanol–water partition coefficient (Wildman–Crippen LogP) is 2.89. The molecule has 2 fully saturated rings. The summed E-state index contributed by atoms with van der Waals surface area (Å²) in [5.41, 5.74) is 1.80. The number of piperazine rings is 1. The van der Waals surface area contributed by atoms with Gasteiger partial charge < -0.3 is 24.3 Å². The number of carbonyl (C=O) groups is 2. The maximum absolute atomic E-state index is 15.0. The van der Waals surface area contributed by atoms with Gasteiger partial charge >= 0.3 is 6.09 Å². The van der Waals surface area contributed by atoms with Crippen LogP contribution in [0, 0.1) is 11.6 Å². The van der Waals surface area contributed by atoms with Crippen LogP contribution in [-0.4, -0.2) is 62.4 Å². The van der Waals surface area contributed by atoms with Crippen molar-refractivity contribution in [1.82, 2.24) is 10.3 Å². The van der Waals surface area contributed by atoms with Gasteiger partial charge in [0.25, 0.3) is 6.01 Å². The van der Waals surface area contributed by atoms with E-state index >= 15 is 4.39 Å². The summed E-state index contributed by atoms with van der Waals surface area (Å²) in [7, 11) is 0. The number of ether oxygens (including phenoxy) is 1. The summed E-state index contributed by atoms with van der Waals surface area (Å²) in [6.45, 7) is 4.00. The lowest BCUT2D eigenvalue weighted by atomic mass is 10.2. The zero-order valence-electron chi connectivity index (χ0n) is 18.5. The molecule has 0 radical (unpaired) electrons. The van der Waals surface area contributed by atoms with Gasteiger partial charge in [-0.2, -0.15) is 4.98 Å². The Morgan fingerprint density at radius 2 is 1.88 bits per heavy atom. The molecule has 3 heterocycles. The Hall–Kier alpha value is -3.89. The monoisotopic (exact) mass is 471 g/mol. The molecule has 34 heavy (non-hydrogen) atoms. The van der Waals surface area contributed by atoms with Gasteiger partial charge in [0, 0.05) is 39.2 Å². The molecule has 2 aliphatic rings. The van der Waals surface area contributed by atoms with Crippen molar-refractivity contribution in [3.63, 3.8) is 0 Å². The molecular formula is C23H23F2N5O4. The fraction of sp³-hybridized carbons (Fsp3) is 0.348. The molecule has 178 valence electrons. The third-order valence-corrected chi connectivity index (χ3v) is 5.92. The zero-order valence-corrected chi connectivity index (χ0v) is 18.5. The molecule has 1 aromatic heterocycles. The lowest BCUT2D eigenvalue weighted by molar-refractivity contribution is -0.119. The Balaban J connectivity index is 1.23. The van der Waals surface area contributed by atoms with E-state index in [4.69, 9.17) is 9.15 Å². The first-order valence-corrected chi connectivity index (χ1v) is 11.0. The topological polar surface area (TPSA) is 91.2 Å². The molecule has 3 aromatic rings. The average molecular weight is 471 g/mol. The quantitative estimate of drug-likeness (QED) is 0.612. The number of carbonyl (C=O) groups excluding carboxylic acids is 2. The van der Waals surface area contributed by atoms with Crippen molar-refractivity contribution in [2.75, 3.05) is 54.0 Å². The molecule has 1 unspecified atom stereocenters. The van der Waals surface area contributed by atoms with Crippen molar-refractivity contribution in [1.29, 1.82) is 0 Å². The van der Waals surface area contributed by atoms with Crippen molar-refractivity contribution >= 4 is 40.5 Å². The summed E-state index contributed by atoms with van der Waals surface area (Å²) in [5, 5.41) is 2.61. The second kappa shape index (κ2) is 8.81. The Labute approximate surface area is 193 Å². The van der Waals surface area contributed by atoms with Gasteiger partial charge in [0.15, 0.2) is 5.58 Å². The van der Waals surface area contributed by atoms with Crippen molar-refractivity contribution < 1.29 is 27.5 Å². The van der Waals surface area contributed by atoms with E-state index in [9.17, 15) is 14.0 Å². The minimum atomic E-state index is -0.575. The number of hydrogen-bond donors (Lipinski definition) is 1. The Morgan fingerprint density at radius 3 is 2.62 bits per heavy atom. The Morgan fingerprint density at radius 1 is 1.12 bits per heavy atom. The molecule has 1 N–H and O–H groups in total. The highest BCUT2D eigenvalue weighted by Crippen LogP contribution is 2.30. The highest BCUT2D eigenvalue weighted by Gasteiger charge is 2.33. The van der Waals surface area contributed by atoms with Crippen molar-refractivity contribution in [3.8, 4) is 0 Å². The summed E-state index contributed by atoms with van der Waals surface area (Å²) in [4.78, 5) is 32.8. The maximum Gasteiger partial charge on any atom is 0.414 e. The Bertz CT molecular complexity index is 1240. The van der Waals surface area contributed by atoms with E-state index in [-0.39, 0.29) is 24.8 Å². The molecule has 0 aliphatic carbocycles. The first-order chi connectivity index (χ1) is 16.4. The number of benzene rings is 2. The fourth-order valence-electron chi connectivity index (χ4n) is 4.18. The molecule has 2 amide bonds. The van der Waals surface area contributed by atoms with Crippen LogP contribution in [0.3, 0.4) is 0 Å². The number of halogens is 2. The van der Waals surface area contributed by atoms with Gasteiger partial charge in [-0.3, -0.25) is 9.69 Å². The van der Waals surface area contributed by atoms with Crippen LogP contribution in [0.1, 0.15) is 6.92 Å². The summed E-state index contributed by atoms with van der Waals surface area (Å²) >= 11 is 0. The number of cyclic esters (lactones) is 1. The molecule has 1 atom stereocenters. The van der Waals surface area contributed by atoms with Gasteiger partial charge in [0.05, 0.1) is 24.5 Å². The van der Waals surface area contributed by atoms with E-state index in [0.29, 0.717) is 54.7 Å². The van der Waals surface area contributed by atoms with Crippen molar-refractivity contribution in [2.24, 2.45) is 0 Å². The maximum atomic E-state index is 15.0. The number of hydrogen-bond acceptors (Lipinski definition) is 7. The third kappa shape index (κ3) is 4.33. The van der Waals surface area contributed by atoms with Gasteiger partial charge in [0.2, 0.25) is 5.91 Å². The largest absolute Gasteiger partial charge is 0.442 e. The summed E-state index contributed by atoms with van der Waals surface area (Å²) < 4.78 is 39.4. The third-order valence-electron chi connectivity index (χ3n) is 5.92. The molecule has 2 aliphatic heterocycles. The van der Waals surface area contributed by atoms with Gasteiger partial charge in [-0.05, 0) is 30.3 Å². The predicted molar refractivity (Wildman–Crippen MR) is 121 cm³/mol. The number of oxazole rings is 1. The highest BCUT2D eigenvalue weighted by molar-refractivity contribution is 5.90. The number of fused-ring (bicyclic) bond motifs is 1. The molecule has 0 spiro atoms. The standard InChI is InChI=1S/C23H23F2N5O4/c1-14(31)26-12-17-13-30(23(32)33-17)16-3-4-20(18(25)11-16)28-6-8-29(9-7-28)22-27-19-10-15(24)2-5-21(19)34-22/h2-5,10-11,17H,6-9,12-13H2,1H3,(H,26,31). The van der Waals surface area contributed by atoms with Crippen LogP contribution in [0.4, 0.5) is 31.0 Å². The zero-order chi connectivity index (χ0) is 23.8. The van der Waals surface area contributed by atoms with E-state index in [0.717, 1.165) is 0 Å². The molecular weight excluding hydrogens is 448 g/mol. The highest BCUT2D eigenvalue weighted by atomic mass is 19.1. The Kier molecular flexibility index (Phi) is 5.68. The number of aromatic nitrogens is 1. The van der Waals surface area contributed by atoms with Crippen molar-refractivity contribution in [3.05, 3.63) is 48.0 Å². The minimum absolute atomic E-state index is 0.206. The van der Waals surface area contributed by atoms with Crippen LogP contribution in [0.5, 0.6) is 0 Å². The fourth-order valence-corrected chi connectivity index (χ4v) is 4.18. The first-order valence-electron chi connectivity index (χ1n) is 11.0. The van der Waals surface area contributed by atoms with Crippen LogP contribution in [0.25, 0.3) is 11.1 Å². The van der Waals surface area contributed by atoms with Gasteiger partial charge in [-0.15, -0.1) is 0 Å². The van der Waals surface area contributed by atoms with Crippen LogP contribution < -0.4 is 20.0 Å². The molecule has 2 saturated heterocycles. The second-order valence-corrected chi connectivity index (χ2v) is 8.27. The van der Waals surface area contributed by atoms with E-state index < -0.39 is 18.0 Å². The number of amides is 2. The van der Waals surface area contributed by atoms with E-state index in [1.54, 1.807) is 18.2 Å². The van der Waals surface area contributed by atoms with Crippen LogP contribution in [0.15, 0.2) is 40.8 Å². The molecule has 0 saturated carbocycles. The van der Waals surface area contributed by atoms with E-state index in [1.165, 1.54) is 30.0 Å². The molecule has 0 bridgehead atoms. The molecule has 11 heteroatoms. The number of rotatable bonds is 5. The lowest BCUT2D eigenvalue weighted by Gasteiger charge is -2.35. The van der Waals surface area contributed by atoms with Crippen LogP contribution >= 0.6 is 0 Å². The van der Waals surface area contributed by atoms with Crippen molar-refractivity contribution in [2.45, 2.75) is 13.0 Å². The molecule has 5 rings (SSSR count). The minimum Gasteiger partial charge on any atom is -0.442 e. The first kappa shape index (κ1) is 21.9.